The Bertz CT molecular complexity index is 452. The number of carbonyl (C=O) groups excluding carboxylic acids is 1. The maximum Gasteiger partial charge on any atom is 0.254 e. The van der Waals surface area contributed by atoms with Crippen molar-refractivity contribution in [3.8, 4) is 5.75 Å². The first-order valence-corrected chi connectivity index (χ1v) is 6.03. The maximum absolute atomic E-state index is 12.4. The van der Waals surface area contributed by atoms with Crippen molar-refractivity contribution in [2.45, 2.75) is 39.2 Å². The molecule has 2 rings (SSSR count). The average molecular weight is 233 g/mol. The third-order valence-electron chi connectivity index (χ3n) is 3.59. The molecule has 3 nitrogen and oxygen atoms in total. The highest BCUT2D eigenvalue weighted by Gasteiger charge is 2.36. The van der Waals surface area contributed by atoms with E-state index >= 15 is 0 Å². The van der Waals surface area contributed by atoms with Crippen LogP contribution in [0.2, 0.25) is 0 Å². The number of carbonyl (C=O) groups is 1. The van der Waals surface area contributed by atoms with E-state index in [1.807, 2.05) is 11.8 Å². The van der Waals surface area contributed by atoms with Gasteiger partial charge in [0.25, 0.3) is 5.91 Å². The third kappa shape index (κ3) is 2.14. The van der Waals surface area contributed by atoms with Gasteiger partial charge in [-0.15, -0.1) is 0 Å². The van der Waals surface area contributed by atoms with Crippen LogP contribution in [0, 0.1) is 6.92 Å². The first-order valence-electron chi connectivity index (χ1n) is 6.03. The fourth-order valence-electron chi connectivity index (χ4n) is 2.52. The van der Waals surface area contributed by atoms with E-state index < -0.39 is 0 Å². The lowest BCUT2D eigenvalue weighted by Gasteiger charge is -2.32. The van der Waals surface area contributed by atoms with Crippen LogP contribution in [0.5, 0.6) is 5.75 Å². The lowest BCUT2D eigenvalue weighted by atomic mass is 10.00. The predicted octanol–water partition coefficient (Wildman–Crippen LogP) is 2.72. The highest BCUT2D eigenvalue weighted by Crippen LogP contribution is 2.30. The second kappa shape index (κ2) is 4.06. The number of amides is 1. The lowest BCUT2D eigenvalue weighted by molar-refractivity contribution is 0.0651. The highest BCUT2D eigenvalue weighted by molar-refractivity contribution is 5.96. The van der Waals surface area contributed by atoms with Gasteiger partial charge in [0.1, 0.15) is 5.75 Å². The Balaban J connectivity index is 2.31. The zero-order valence-electron chi connectivity index (χ0n) is 10.7. The normalized spacial score (nSPS) is 18.4. The summed E-state index contributed by atoms with van der Waals surface area (Å²) in [7, 11) is 0. The van der Waals surface area contributed by atoms with Crippen molar-refractivity contribution in [2.24, 2.45) is 0 Å². The first kappa shape index (κ1) is 12.0. The van der Waals surface area contributed by atoms with Crippen LogP contribution < -0.4 is 0 Å². The van der Waals surface area contributed by atoms with Crippen LogP contribution in [0.25, 0.3) is 0 Å². The van der Waals surface area contributed by atoms with Gasteiger partial charge in [0.05, 0.1) is 0 Å². The molecule has 0 atom stereocenters. The quantitative estimate of drug-likeness (QED) is 0.810. The zero-order valence-corrected chi connectivity index (χ0v) is 10.7. The van der Waals surface area contributed by atoms with Gasteiger partial charge in [0, 0.05) is 17.6 Å². The Hall–Kier alpha value is -1.51. The van der Waals surface area contributed by atoms with Crippen molar-refractivity contribution < 1.29 is 9.90 Å². The summed E-state index contributed by atoms with van der Waals surface area (Å²) in [5, 5.41) is 9.36. The number of rotatable bonds is 1. The number of benzene rings is 1. The van der Waals surface area contributed by atoms with Gasteiger partial charge in [-0.25, -0.2) is 0 Å². The minimum atomic E-state index is -0.0542. The van der Waals surface area contributed by atoms with Crippen LogP contribution in [-0.2, 0) is 0 Å². The predicted molar refractivity (Wildman–Crippen MR) is 67.2 cm³/mol. The molecule has 0 spiro atoms. The Morgan fingerprint density at radius 3 is 2.65 bits per heavy atom. The molecule has 0 saturated carbocycles. The Morgan fingerprint density at radius 2 is 2.12 bits per heavy atom. The van der Waals surface area contributed by atoms with E-state index in [4.69, 9.17) is 0 Å². The Kier molecular flexibility index (Phi) is 2.86. The molecule has 1 aromatic carbocycles. The van der Waals surface area contributed by atoms with Gasteiger partial charge in [0.2, 0.25) is 0 Å². The molecule has 1 N–H and O–H groups in total. The molecular weight excluding hydrogens is 214 g/mol. The molecule has 1 saturated heterocycles. The van der Waals surface area contributed by atoms with Gasteiger partial charge in [0.15, 0.2) is 0 Å². The fraction of sp³-hybridized carbons (Fsp3) is 0.500. The van der Waals surface area contributed by atoms with E-state index in [9.17, 15) is 9.90 Å². The summed E-state index contributed by atoms with van der Waals surface area (Å²) < 4.78 is 0. The third-order valence-corrected chi connectivity index (χ3v) is 3.59. The van der Waals surface area contributed by atoms with E-state index in [2.05, 4.69) is 13.8 Å². The summed E-state index contributed by atoms with van der Waals surface area (Å²) in [6, 6.07) is 4.92. The molecule has 92 valence electrons. The number of phenolic OH excluding ortho intramolecular Hbond substituents is 1. The number of aromatic hydroxyl groups is 1. The van der Waals surface area contributed by atoms with Crippen molar-refractivity contribution in [3.05, 3.63) is 29.3 Å². The number of likely N-dealkylation sites (tertiary alicyclic amines) is 1. The van der Waals surface area contributed by atoms with Crippen LogP contribution in [0.4, 0.5) is 0 Å². The summed E-state index contributed by atoms with van der Waals surface area (Å²) in [6.45, 7) is 6.89. The van der Waals surface area contributed by atoms with E-state index in [1.54, 1.807) is 18.2 Å². The second-order valence-corrected chi connectivity index (χ2v) is 5.37. The van der Waals surface area contributed by atoms with Crippen LogP contribution >= 0.6 is 0 Å². The fourth-order valence-corrected chi connectivity index (χ4v) is 2.52. The molecule has 0 bridgehead atoms. The lowest BCUT2D eigenvalue weighted by Crippen LogP contribution is -2.42. The topological polar surface area (TPSA) is 40.5 Å². The second-order valence-electron chi connectivity index (χ2n) is 5.37. The van der Waals surface area contributed by atoms with Crippen molar-refractivity contribution >= 4 is 5.91 Å². The van der Waals surface area contributed by atoms with Gasteiger partial charge in [-0.05, 0) is 57.4 Å². The number of phenols is 1. The van der Waals surface area contributed by atoms with Crippen molar-refractivity contribution in [3.63, 3.8) is 0 Å². The largest absolute Gasteiger partial charge is 0.508 e. The Labute approximate surface area is 102 Å². The van der Waals surface area contributed by atoms with E-state index in [0.717, 1.165) is 24.9 Å². The summed E-state index contributed by atoms with van der Waals surface area (Å²) in [5.41, 5.74) is 1.47. The van der Waals surface area contributed by atoms with Crippen molar-refractivity contribution in [2.75, 3.05) is 6.54 Å². The standard InChI is InChI=1S/C14H19NO2/c1-10-9-11(16)5-6-12(10)13(17)15-8-4-7-14(15,2)3/h5-6,9,16H,4,7-8H2,1-3H3. The molecule has 1 heterocycles. The van der Waals surface area contributed by atoms with Gasteiger partial charge >= 0.3 is 0 Å². The molecule has 3 heteroatoms. The minimum absolute atomic E-state index is 0.0542. The smallest absolute Gasteiger partial charge is 0.254 e. The number of aryl methyl sites for hydroxylation is 1. The SMILES string of the molecule is Cc1cc(O)ccc1C(=O)N1CCCC1(C)C. The maximum atomic E-state index is 12.4. The van der Waals surface area contributed by atoms with Crippen molar-refractivity contribution in [1.29, 1.82) is 0 Å². The monoisotopic (exact) mass is 233 g/mol. The van der Waals surface area contributed by atoms with Crippen molar-refractivity contribution in [1.82, 2.24) is 4.90 Å². The summed E-state index contributed by atoms with van der Waals surface area (Å²) in [6.07, 6.45) is 2.12. The molecule has 0 radical (unpaired) electrons. The highest BCUT2D eigenvalue weighted by atomic mass is 16.3. The number of hydrogen-bond acceptors (Lipinski definition) is 2. The molecule has 1 amide bonds. The molecular formula is C14H19NO2. The van der Waals surface area contributed by atoms with Crippen LogP contribution in [0.3, 0.4) is 0 Å². The molecule has 1 aliphatic rings. The van der Waals surface area contributed by atoms with Gasteiger partial charge in [-0.2, -0.15) is 0 Å². The molecule has 0 aliphatic carbocycles. The first-order chi connectivity index (χ1) is 7.92. The number of hydrogen-bond donors (Lipinski definition) is 1. The average Bonchev–Trinajstić information content (AvgIpc) is 2.57. The van der Waals surface area contributed by atoms with Gasteiger partial charge in [-0.1, -0.05) is 0 Å². The van der Waals surface area contributed by atoms with Crippen LogP contribution in [0.15, 0.2) is 18.2 Å². The zero-order chi connectivity index (χ0) is 12.6. The van der Waals surface area contributed by atoms with E-state index in [-0.39, 0.29) is 17.2 Å². The van der Waals surface area contributed by atoms with Gasteiger partial charge in [-0.3, -0.25) is 4.79 Å². The van der Waals surface area contributed by atoms with E-state index in [0.29, 0.717) is 5.56 Å². The minimum Gasteiger partial charge on any atom is -0.508 e. The summed E-state index contributed by atoms with van der Waals surface area (Å²) in [5.74, 6) is 0.282. The summed E-state index contributed by atoms with van der Waals surface area (Å²) >= 11 is 0. The molecule has 1 aromatic rings. The Morgan fingerprint density at radius 1 is 1.41 bits per heavy atom. The number of nitrogens with zero attached hydrogens (tertiary/aromatic N) is 1. The van der Waals surface area contributed by atoms with Crippen LogP contribution in [0.1, 0.15) is 42.6 Å². The molecule has 0 aromatic heterocycles. The molecule has 1 fully saturated rings. The molecule has 17 heavy (non-hydrogen) atoms. The van der Waals surface area contributed by atoms with E-state index in [1.165, 1.54) is 0 Å². The summed E-state index contributed by atoms with van der Waals surface area (Å²) in [4.78, 5) is 14.4. The van der Waals surface area contributed by atoms with Gasteiger partial charge < -0.3 is 10.0 Å². The molecule has 1 aliphatic heterocycles. The molecule has 0 unspecified atom stereocenters. The van der Waals surface area contributed by atoms with Crippen LogP contribution in [-0.4, -0.2) is 28.0 Å².